The molecule has 0 spiro atoms. The fourth-order valence-corrected chi connectivity index (χ4v) is 9.43. The van der Waals surface area contributed by atoms with E-state index in [0.717, 1.165) is 102 Å². The standard InChI is InChI=1S/C40H40F3N7O4S/c1-54-33-18-31-34(19-30(33)46-37(52)29-6-3-7-35(45-29)40(41,42)43)55-38(47-31)25-10-8-23(9-11-25)22-49-15-12-24(13-16-49)26-4-2-5-27-28(26)20-44-21-32(27)50-17-14-36(51)48-39(50)53/h2-7,18-21,23-25H,8-17,22H2,1H3,(H,46,52)(H,48,51,53)/t23-,25-. The number of halogens is 3. The summed E-state index contributed by atoms with van der Waals surface area (Å²) in [4.78, 5) is 54.4. The van der Waals surface area contributed by atoms with Gasteiger partial charge in [0.1, 0.15) is 17.1 Å². The first-order valence-electron chi connectivity index (χ1n) is 18.6. The zero-order valence-corrected chi connectivity index (χ0v) is 31.0. The predicted molar refractivity (Wildman–Crippen MR) is 204 cm³/mol. The molecule has 0 bridgehead atoms. The third-order valence-corrected chi connectivity index (χ3v) is 12.3. The molecule has 55 heavy (non-hydrogen) atoms. The molecule has 4 amide bonds. The number of piperidine rings is 1. The summed E-state index contributed by atoms with van der Waals surface area (Å²) < 4.78 is 45.9. The SMILES string of the molecule is COc1cc2nc([C@H]3CC[C@H](CN4CCC(c5cccc6c(N7CCC(=O)NC7=O)cncc56)CC4)CC3)sc2cc1NC(=O)c1cccc(C(F)(F)F)n1. The molecule has 0 atom stereocenters. The lowest BCUT2D eigenvalue weighted by atomic mass is 9.81. The Labute approximate surface area is 319 Å². The van der Waals surface area contributed by atoms with Crippen molar-refractivity contribution in [3.8, 4) is 5.75 Å². The highest BCUT2D eigenvalue weighted by molar-refractivity contribution is 7.18. The van der Waals surface area contributed by atoms with Gasteiger partial charge in [-0.05, 0) is 87.2 Å². The number of anilines is 2. The van der Waals surface area contributed by atoms with Crippen molar-refractivity contribution in [2.24, 2.45) is 5.92 Å². The second kappa shape index (κ2) is 15.2. The van der Waals surface area contributed by atoms with E-state index in [1.54, 1.807) is 34.6 Å². The van der Waals surface area contributed by atoms with E-state index >= 15 is 0 Å². The van der Waals surface area contributed by atoms with Crippen LogP contribution in [0.4, 0.5) is 29.3 Å². The lowest BCUT2D eigenvalue weighted by Crippen LogP contribution is -2.49. The Morgan fingerprint density at radius 3 is 2.47 bits per heavy atom. The minimum absolute atomic E-state index is 0.258. The van der Waals surface area contributed by atoms with E-state index in [2.05, 4.69) is 37.6 Å². The number of rotatable bonds is 8. The molecule has 2 saturated heterocycles. The summed E-state index contributed by atoms with van der Waals surface area (Å²) in [6.07, 6.45) is 5.61. The Morgan fingerprint density at radius 2 is 1.73 bits per heavy atom. The van der Waals surface area contributed by atoms with E-state index in [0.29, 0.717) is 35.7 Å². The molecule has 5 heterocycles. The molecule has 1 aliphatic carbocycles. The van der Waals surface area contributed by atoms with Crippen LogP contribution in [0.2, 0.25) is 0 Å². The molecule has 286 valence electrons. The zero-order valence-electron chi connectivity index (χ0n) is 30.2. The third kappa shape index (κ3) is 7.72. The van der Waals surface area contributed by atoms with Gasteiger partial charge in [0.25, 0.3) is 5.91 Å². The van der Waals surface area contributed by atoms with Crippen molar-refractivity contribution in [3.63, 3.8) is 0 Å². The second-order valence-corrected chi connectivity index (χ2v) is 15.6. The minimum atomic E-state index is -4.66. The van der Waals surface area contributed by atoms with Crippen LogP contribution in [-0.4, -0.2) is 71.0 Å². The molecule has 15 heteroatoms. The molecule has 8 rings (SSSR count). The molecule has 0 radical (unpaired) electrons. The maximum absolute atomic E-state index is 13.2. The Hall–Kier alpha value is -5.15. The van der Waals surface area contributed by atoms with Crippen LogP contribution < -0.4 is 20.3 Å². The summed E-state index contributed by atoms with van der Waals surface area (Å²) in [6, 6.07) is 12.6. The maximum Gasteiger partial charge on any atom is 0.433 e. The summed E-state index contributed by atoms with van der Waals surface area (Å²) in [7, 11) is 1.47. The number of likely N-dealkylation sites (tertiary alicyclic amines) is 1. The normalized spacial score (nSPS) is 20.2. The highest BCUT2D eigenvalue weighted by Crippen LogP contribution is 2.42. The van der Waals surface area contributed by atoms with Crippen molar-refractivity contribution in [1.82, 2.24) is 25.2 Å². The van der Waals surface area contributed by atoms with Gasteiger partial charge in [-0.3, -0.25) is 24.8 Å². The number of nitrogens with zero attached hydrogens (tertiary/aromatic N) is 5. The molecule has 3 fully saturated rings. The molecular weight excluding hydrogens is 732 g/mol. The van der Waals surface area contributed by atoms with Gasteiger partial charge in [0.05, 0.1) is 39.9 Å². The van der Waals surface area contributed by atoms with Crippen LogP contribution in [0.25, 0.3) is 21.0 Å². The fraction of sp³-hybridized carbons (Fsp3) is 0.400. The number of carbonyl (C=O) groups excluding carboxylic acids is 3. The highest BCUT2D eigenvalue weighted by atomic mass is 32.1. The molecule has 11 nitrogen and oxygen atoms in total. The topological polar surface area (TPSA) is 130 Å². The number of ether oxygens (including phenoxy) is 1. The van der Waals surface area contributed by atoms with Gasteiger partial charge >= 0.3 is 12.2 Å². The number of alkyl halides is 3. The van der Waals surface area contributed by atoms with E-state index < -0.39 is 23.8 Å². The quantitative estimate of drug-likeness (QED) is 0.162. The minimum Gasteiger partial charge on any atom is -0.494 e. The zero-order chi connectivity index (χ0) is 38.3. The first kappa shape index (κ1) is 36.8. The van der Waals surface area contributed by atoms with Crippen LogP contribution in [0, 0.1) is 5.92 Å². The number of nitrogens with one attached hydrogen (secondary N) is 2. The average molecular weight is 772 g/mol. The number of fused-ring (bicyclic) bond motifs is 2. The smallest absolute Gasteiger partial charge is 0.433 e. The molecule has 3 aromatic heterocycles. The highest BCUT2D eigenvalue weighted by Gasteiger charge is 2.34. The molecular formula is C40H40F3N7O4S. The second-order valence-electron chi connectivity index (χ2n) is 14.6. The number of hydrogen-bond donors (Lipinski definition) is 2. The van der Waals surface area contributed by atoms with Gasteiger partial charge in [-0.15, -0.1) is 11.3 Å². The number of methoxy groups -OCH3 is 1. The van der Waals surface area contributed by atoms with Crippen molar-refractivity contribution in [1.29, 1.82) is 0 Å². The van der Waals surface area contributed by atoms with Gasteiger partial charge in [0.2, 0.25) is 5.91 Å². The summed E-state index contributed by atoms with van der Waals surface area (Å²) in [5, 5.41) is 8.16. The van der Waals surface area contributed by atoms with Crippen molar-refractivity contribution in [2.75, 3.05) is 43.5 Å². The van der Waals surface area contributed by atoms with Crippen LogP contribution in [0.3, 0.4) is 0 Å². The number of carbonyl (C=O) groups is 3. The molecule has 0 unspecified atom stereocenters. The van der Waals surface area contributed by atoms with Gasteiger partial charge in [0, 0.05) is 48.5 Å². The number of aromatic nitrogens is 3. The van der Waals surface area contributed by atoms with Crippen LogP contribution >= 0.6 is 11.3 Å². The Bertz CT molecular complexity index is 2260. The summed E-state index contributed by atoms with van der Waals surface area (Å²) in [5.74, 6) is 0.685. The molecule has 5 aromatic rings. The lowest BCUT2D eigenvalue weighted by molar-refractivity contribution is -0.141. The van der Waals surface area contributed by atoms with Crippen LogP contribution in [0.15, 0.2) is 60.9 Å². The van der Waals surface area contributed by atoms with Gasteiger partial charge in [-0.1, -0.05) is 24.3 Å². The average Bonchev–Trinajstić information content (AvgIpc) is 3.60. The number of urea groups is 1. The Balaban J connectivity index is 0.867. The van der Waals surface area contributed by atoms with Crippen LogP contribution in [-0.2, 0) is 11.0 Å². The Morgan fingerprint density at radius 1 is 0.945 bits per heavy atom. The molecule has 3 aliphatic rings. The number of amides is 4. The number of hydrogen-bond acceptors (Lipinski definition) is 9. The number of imide groups is 1. The first-order chi connectivity index (χ1) is 26.5. The summed E-state index contributed by atoms with van der Waals surface area (Å²) >= 11 is 1.58. The van der Waals surface area contributed by atoms with E-state index in [-0.39, 0.29) is 18.0 Å². The van der Waals surface area contributed by atoms with E-state index in [9.17, 15) is 27.6 Å². The fourth-order valence-electron chi connectivity index (χ4n) is 8.27. The predicted octanol–water partition coefficient (Wildman–Crippen LogP) is 8.12. The molecule has 2 N–H and O–H groups in total. The van der Waals surface area contributed by atoms with E-state index in [4.69, 9.17) is 9.72 Å². The molecule has 2 aliphatic heterocycles. The monoisotopic (exact) mass is 771 g/mol. The van der Waals surface area contributed by atoms with E-state index in [1.807, 2.05) is 12.3 Å². The van der Waals surface area contributed by atoms with Crippen molar-refractivity contribution in [2.45, 2.75) is 63.0 Å². The number of thiazole rings is 1. The first-order valence-corrected chi connectivity index (χ1v) is 19.4. The molecule has 2 aromatic carbocycles. The van der Waals surface area contributed by atoms with Crippen molar-refractivity contribution in [3.05, 3.63) is 82.9 Å². The van der Waals surface area contributed by atoms with Crippen LogP contribution in [0.5, 0.6) is 5.75 Å². The maximum atomic E-state index is 13.2. The molecule has 1 saturated carbocycles. The van der Waals surface area contributed by atoms with Gasteiger partial charge in [0.15, 0.2) is 0 Å². The van der Waals surface area contributed by atoms with Gasteiger partial charge in [-0.2, -0.15) is 13.2 Å². The summed E-state index contributed by atoms with van der Waals surface area (Å²) in [5.41, 5.74) is 1.61. The summed E-state index contributed by atoms with van der Waals surface area (Å²) in [6.45, 7) is 3.45. The van der Waals surface area contributed by atoms with Gasteiger partial charge in [-0.25, -0.2) is 14.8 Å². The van der Waals surface area contributed by atoms with Crippen LogP contribution in [0.1, 0.15) is 83.5 Å². The van der Waals surface area contributed by atoms with Crippen molar-refractivity contribution < 1.29 is 32.3 Å². The number of benzene rings is 2. The lowest BCUT2D eigenvalue weighted by Gasteiger charge is -2.37. The third-order valence-electron chi connectivity index (χ3n) is 11.1. The number of pyridine rings is 2. The Kier molecular flexibility index (Phi) is 10.2. The van der Waals surface area contributed by atoms with Gasteiger partial charge < -0.3 is 15.0 Å². The largest absolute Gasteiger partial charge is 0.494 e. The van der Waals surface area contributed by atoms with E-state index in [1.165, 1.54) is 18.7 Å². The van der Waals surface area contributed by atoms with Crippen molar-refractivity contribution >= 4 is 61.5 Å².